The van der Waals surface area contributed by atoms with E-state index in [0.29, 0.717) is 0 Å². The first-order valence-electron chi connectivity index (χ1n) is 3.67. The van der Waals surface area contributed by atoms with Gasteiger partial charge in [-0.05, 0) is 23.7 Å². The molecule has 3 nitrogen and oxygen atoms in total. The van der Waals surface area contributed by atoms with E-state index in [0.717, 1.165) is 0 Å². The van der Waals surface area contributed by atoms with Crippen molar-refractivity contribution in [2.75, 3.05) is 0 Å². The minimum atomic E-state index is -3.51. The Morgan fingerprint density at radius 1 is 1.33 bits per heavy atom. The van der Waals surface area contributed by atoms with Crippen LogP contribution >= 0.6 is 43.5 Å². The van der Waals surface area contributed by atoms with Crippen molar-refractivity contribution in [2.24, 2.45) is 0 Å². The smallest absolute Gasteiger partial charge is 0.252 e. The molecule has 0 N–H and O–H groups in total. The molecule has 0 saturated heterocycles. The number of sulfone groups is 1. The van der Waals surface area contributed by atoms with Gasteiger partial charge in [0.25, 0.3) is 5.24 Å². The summed E-state index contributed by atoms with van der Waals surface area (Å²) in [4.78, 5) is 10.9. The van der Waals surface area contributed by atoms with Crippen molar-refractivity contribution >= 4 is 58.5 Å². The normalized spacial score (nSPS) is 11.7. The van der Waals surface area contributed by atoms with E-state index in [1.807, 2.05) is 0 Å². The minimum absolute atomic E-state index is 0.0350. The molecule has 0 unspecified atom stereocenters. The highest BCUT2D eigenvalue weighted by molar-refractivity contribution is 9.27. The van der Waals surface area contributed by atoms with E-state index in [9.17, 15) is 13.2 Å². The maximum atomic E-state index is 11.7. The predicted molar refractivity (Wildman–Crippen MR) is 65.5 cm³/mol. The van der Waals surface area contributed by atoms with Crippen LogP contribution in [-0.2, 0) is 9.84 Å². The molecular formula is C8H5Br2ClO3S. The van der Waals surface area contributed by atoms with Crippen LogP contribution in [0.5, 0.6) is 0 Å². The van der Waals surface area contributed by atoms with Crippen molar-refractivity contribution in [3.8, 4) is 0 Å². The number of alkyl halides is 2. The lowest BCUT2D eigenvalue weighted by Crippen LogP contribution is -2.09. The molecule has 1 aromatic carbocycles. The highest BCUT2D eigenvalue weighted by Gasteiger charge is 2.22. The standard InChI is InChI=1S/C8H5Br2ClO3S/c9-8(10)15(13,14)6-3-1-2-5(4-6)7(11)12/h1-4,8H. The number of halogens is 3. The second-order valence-corrected chi connectivity index (χ2v) is 9.26. The monoisotopic (exact) mass is 374 g/mol. The summed E-state index contributed by atoms with van der Waals surface area (Å²) in [6, 6.07) is 5.55. The Morgan fingerprint density at radius 2 is 1.93 bits per heavy atom. The van der Waals surface area contributed by atoms with Crippen LogP contribution in [0.4, 0.5) is 0 Å². The Hall–Kier alpha value is 0.0900. The van der Waals surface area contributed by atoms with Crippen molar-refractivity contribution in [1.82, 2.24) is 0 Å². The summed E-state index contributed by atoms with van der Waals surface area (Å²) in [6.07, 6.45) is 0. The first-order chi connectivity index (χ1) is 6.85. The SMILES string of the molecule is O=C(Cl)c1cccc(S(=O)(=O)C(Br)Br)c1. The maximum Gasteiger partial charge on any atom is 0.252 e. The lowest BCUT2D eigenvalue weighted by molar-refractivity contribution is 0.108. The number of rotatable bonds is 3. The Bertz CT molecular complexity index is 484. The molecule has 7 heteroatoms. The minimum Gasteiger partial charge on any atom is -0.276 e. The summed E-state index contributed by atoms with van der Waals surface area (Å²) in [5.41, 5.74) is 0.151. The van der Waals surface area contributed by atoms with Gasteiger partial charge in [0.05, 0.1) is 4.90 Å². The van der Waals surface area contributed by atoms with E-state index in [4.69, 9.17) is 11.6 Å². The average molecular weight is 376 g/mol. The van der Waals surface area contributed by atoms with Gasteiger partial charge in [-0.1, -0.05) is 44.0 Å². The van der Waals surface area contributed by atoms with E-state index in [-0.39, 0.29) is 10.5 Å². The molecule has 82 valence electrons. The molecule has 0 saturated carbocycles. The van der Waals surface area contributed by atoms with Crippen LogP contribution in [0.1, 0.15) is 10.4 Å². The molecule has 0 bridgehead atoms. The molecule has 15 heavy (non-hydrogen) atoms. The summed E-state index contributed by atoms with van der Waals surface area (Å²) in [5.74, 6) is 0. The van der Waals surface area contributed by atoms with Crippen LogP contribution in [0.15, 0.2) is 29.2 Å². The maximum absolute atomic E-state index is 11.7. The van der Waals surface area contributed by atoms with E-state index in [1.165, 1.54) is 24.3 Å². The van der Waals surface area contributed by atoms with Crippen molar-refractivity contribution in [3.63, 3.8) is 0 Å². The molecule has 0 aliphatic carbocycles. The number of carbonyl (C=O) groups excluding carboxylic acids is 1. The molecule has 0 aromatic heterocycles. The third-order valence-electron chi connectivity index (χ3n) is 1.62. The summed E-state index contributed by atoms with van der Waals surface area (Å²) >= 11 is 11.1. The van der Waals surface area contributed by atoms with E-state index in [2.05, 4.69) is 31.9 Å². The molecule has 1 aromatic rings. The fraction of sp³-hybridized carbons (Fsp3) is 0.125. The number of hydrogen-bond acceptors (Lipinski definition) is 3. The quantitative estimate of drug-likeness (QED) is 0.602. The van der Waals surface area contributed by atoms with E-state index in [1.54, 1.807) is 0 Å². The zero-order chi connectivity index (χ0) is 11.6. The summed E-state index contributed by atoms with van der Waals surface area (Å²) in [7, 11) is -3.51. The van der Waals surface area contributed by atoms with Gasteiger partial charge in [-0.15, -0.1) is 0 Å². The lowest BCUT2D eigenvalue weighted by Gasteiger charge is -2.05. The van der Waals surface area contributed by atoms with Crippen LogP contribution in [0.3, 0.4) is 0 Å². The van der Waals surface area contributed by atoms with Gasteiger partial charge in [0, 0.05) is 5.56 Å². The Labute approximate surface area is 109 Å². The van der Waals surface area contributed by atoms with Gasteiger partial charge >= 0.3 is 0 Å². The Kier molecular flexibility index (Phi) is 4.34. The van der Waals surface area contributed by atoms with Crippen LogP contribution in [-0.4, -0.2) is 16.7 Å². The molecule has 0 aliphatic heterocycles. The van der Waals surface area contributed by atoms with Gasteiger partial charge in [0.1, 0.15) is 0 Å². The van der Waals surface area contributed by atoms with Gasteiger partial charge < -0.3 is 0 Å². The predicted octanol–water partition coefficient (Wildman–Crippen LogP) is 2.91. The molecule has 0 heterocycles. The zero-order valence-corrected chi connectivity index (χ0v) is 11.9. The molecular weight excluding hydrogens is 371 g/mol. The molecule has 0 radical (unpaired) electrons. The fourth-order valence-corrected chi connectivity index (χ4v) is 3.08. The topological polar surface area (TPSA) is 51.2 Å². The molecule has 0 fully saturated rings. The number of hydrogen-bond donors (Lipinski definition) is 0. The molecule has 0 atom stereocenters. The molecule has 1 rings (SSSR count). The van der Waals surface area contributed by atoms with Gasteiger partial charge in [-0.3, -0.25) is 4.79 Å². The van der Waals surface area contributed by atoms with Crippen molar-refractivity contribution in [2.45, 2.75) is 7.96 Å². The second kappa shape index (κ2) is 4.95. The second-order valence-electron chi connectivity index (χ2n) is 2.61. The van der Waals surface area contributed by atoms with Gasteiger partial charge in [-0.2, -0.15) is 0 Å². The number of benzene rings is 1. The van der Waals surface area contributed by atoms with Crippen LogP contribution in [0.2, 0.25) is 0 Å². The highest BCUT2D eigenvalue weighted by atomic mass is 79.9. The van der Waals surface area contributed by atoms with Crippen molar-refractivity contribution in [3.05, 3.63) is 29.8 Å². The largest absolute Gasteiger partial charge is 0.276 e. The van der Waals surface area contributed by atoms with Crippen molar-refractivity contribution < 1.29 is 13.2 Å². The van der Waals surface area contributed by atoms with Crippen LogP contribution in [0, 0.1) is 0 Å². The number of carbonyl (C=O) groups is 1. The summed E-state index contributed by atoms with van der Waals surface area (Å²) in [6.45, 7) is 0. The summed E-state index contributed by atoms with van der Waals surface area (Å²) < 4.78 is 22.4. The Morgan fingerprint density at radius 3 is 2.40 bits per heavy atom. The van der Waals surface area contributed by atoms with E-state index >= 15 is 0 Å². The van der Waals surface area contributed by atoms with Crippen LogP contribution in [0.25, 0.3) is 0 Å². The Balaban J connectivity index is 3.29. The fourth-order valence-electron chi connectivity index (χ4n) is 0.898. The highest BCUT2D eigenvalue weighted by Crippen LogP contribution is 2.25. The van der Waals surface area contributed by atoms with Gasteiger partial charge in [0.2, 0.25) is 9.84 Å². The lowest BCUT2D eigenvalue weighted by atomic mass is 10.2. The molecule has 0 amide bonds. The third kappa shape index (κ3) is 3.03. The van der Waals surface area contributed by atoms with Crippen LogP contribution < -0.4 is 0 Å². The third-order valence-corrected chi connectivity index (χ3v) is 6.18. The molecule has 0 aliphatic rings. The zero-order valence-electron chi connectivity index (χ0n) is 7.15. The van der Waals surface area contributed by atoms with Crippen molar-refractivity contribution in [1.29, 1.82) is 0 Å². The summed E-state index contributed by atoms with van der Waals surface area (Å²) in [5, 5.41) is -0.687. The average Bonchev–Trinajstić information content (AvgIpc) is 2.17. The first kappa shape index (κ1) is 13.2. The first-order valence-corrected chi connectivity index (χ1v) is 7.43. The molecule has 0 spiro atoms. The van der Waals surface area contributed by atoms with Gasteiger partial charge in [0.15, 0.2) is 3.07 Å². The van der Waals surface area contributed by atoms with E-state index < -0.39 is 18.1 Å². The van der Waals surface area contributed by atoms with Gasteiger partial charge in [-0.25, -0.2) is 8.42 Å².